The SMILES string of the molecule is COc1cc2c(Oc3ccc(NC(=O)c4c(C)c(Br)cn(-c5ccc(F)cc5)c4=O)cc3F)ccnc2cc1O. The molecule has 0 fully saturated rings. The highest BCUT2D eigenvalue weighted by Gasteiger charge is 2.20. The monoisotopic (exact) mass is 607 g/mol. The van der Waals surface area contributed by atoms with Crippen molar-refractivity contribution in [2.45, 2.75) is 6.92 Å². The fraction of sp³-hybridized carbons (Fsp3) is 0.0690. The number of carbonyl (C=O) groups excluding carboxylic acids is 1. The van der Waals surface area contributed by atoms with Crippen LogP contribution in [0.4, 0.5) is 14.5 Å². The molecule has 202 valence electrons. The molecule has 0 radical (unpaired) electrons. The maximum absolute atomic E-state index is 15.1. The molecule has 0 aliphatic carbocycles. The van der Waals surface area contributed by atoms with Crippen LogP contribution < -0.4 is 20.3 Å². The Bertz CT molecular complexity index is 1840. The molecular weight excluding hydrogens is 588 g/mol. The van der Waals surface area contributed by atoms with Crippen LogP contribution in [-0.2, 0) is 0 Å². The van der Waals surface area contributed by atoms with E-state index >= 15 is 4.39 Å². The molecular formula is C29H20BrF2N3O5. The van der Waals surface area contributed by atoms with Crippen molar-refractivity contribution in [2.75, 3.05) is 12.4 Å². The van der Waals surface area contributed by atoms with Crippen LogP contribution in [0, 0.1) is 18.6 Å². The number of ether oxygens (including phenoxy) is 2. The lowest BCUT2D eigenvalue weighted by Crippen LogP contribution is -2.30. The van der Waals surface area contributed by atoms with Gasteiger partial charge in [-0.25, -0.2) is 8.78 Å². The molecule has 2 aromatic heterocycles. The average Bonchev–Trinajstić information content (AvgIpc) is 2.92. The molecule has 0 saturated heterocycles. The van der Waals surface area contributed by atoms with Gasteiger partial charge < -0.3 is 19.9 Å². The normalized spacial score (nSPS) is 10.9. The van der Waals surface area contributed by atoms with E-state index in [4.69, 9.17) is 9.47 Å². The summed E-state index contributed by atoms with van der Waals surface area (Å²) >= 11 is 3.36. The number of phenols is 1. The Hall–Kier alpha value is -4.77. The molecule has 3 aromatic carbocycles. The molecule has 8 nitrogen and oxygen atoms in total. The van der Waals surface area contributed by atoms with E-state index in [9.17, 15) is 19.1 Å². The number of hydrogen-bond acceptors (Lipinski definition) is 6. The predicted octanol–water partition coefficient (Wildman–Crippen LogP) is 6.49. The Morgan fingerprint density at radius 1 is 1.02 bits per heavy atom. The molecule has 5 aromatic rings. The Morgan fingerprint density at radius 3 is 2.48 bits per heavy atom. The van der Waals surface area contributed by atoms with Crippen molar-refractivity contribution in [3.63, 3.8) is 0 Å². The van der Waals surface area contributed by atoms with Crippen LogP contribution >= 0.6 is 15.9 Å². The van der Waals surface area contributed by atoms with Gasteiger partial charge in [-0.1, -0.05) is 0 Å². The maximum atomic E-state index is 15.1. The van der Waals surface area contributed by atoms with Crippen LogP contribution in [-0.4, -0.2) is 27.7 Å². The number of aromatic hydroxyl groups is 1. The first-order valence-electron chi connectivity index (χ1n) is 11.8. The van der Waals surface area contributed by atoms with Gasteiger partial charge in [-0.05, 0) is 76.9 Å². The smallest absolute Gasteiger partial charge is 0.268 e. The summed E-state index contributed by atoms with van der Waals surface area (Å²) in [4.78, 5) is 30.6. The first kappa shape index (κ1) is 26.8. The number of halogens is 3. The van der Waals surface area contributed by atoms with Gasteiger partial charge in [0.25, 0.3) is 11.5 Å². The zero-order valence-corrected chi connectivity index (χ0v) is 22.6. The van der Waals surface area contributed by atoms with E-state index < -0.39 is 23.1 Å². The topological polar surface area (TPSA) is 103 Å². The Labute approximate surface area is 234 Å². The van der Waals surface area contributed by atoms with E-state index in [0.29, 0.717) is 26.6 Å². The van der Waals surface area contributed by atoms with Crippen LogP contribution in [0.1, 0.15) is 15.9 Å². The summed E-state index contributed by atoms with van der Waals surface area (Å²) in [7, 11) is 1.40. The molecule has 5 rings (SSSR count). The number of nitrogens with zero attached hydrogens (tertiary/aromatic N) is 2. The number of anilines is 1. The minimum absolute atomic E-state index is 0.0909. The van der Waals surface area contributed by atoms with Gasteiger partial charge in [0.15, 0.2) is 23.1 Å². The van der Waals surface area contributed by atoms with Crippen LogP contribution in [0.3, 0.4) is 0 Å². The van der Waals surface area contributed by atoms with Crippen LogP contribution in [0.15, 0.2) is 82.3 Å². The number of nitrogens with one attached hydrogen (secondary N) is 1. The lowest BCUT2D eigenvalue weighted by Gasteiger charge is -2.14. The molecule has 0 atom stereocenters. The Balaban J connectivity index is 1.43. The summed E-state index contributed by atoms with van der Waals surface area (Å²) in [5.41, 5.74) is 0.456. The number of methoxy groups -OCH3 is 1. The molecule has 0 saturated carbocycles. The number of pyridine rings is 2. The number of benzene rings is 3. The minimum Gasteiger partial charge on any atom is -0.504 e. The van der Waals surface area contributed by atoms with Gasteiger partial charge in [0, 0.05) is 45.8 Å². The van der Waals surface area contributed by atoms with Gasteiger partial charge in [0.2, 0.25) is 0 Å². The van der Waals surface area contributed by atoms with Gasteiger partial charge in [0.05, 0.1) is 12.6 Å². The molecule has 0 aliphatic rings. The number of aromatic nitrogens is 2. The van der Waals surface area contributed by atoms with E-state index in [1.54, 1.807) is 6.92 Å². The third-order valence-electron chi connectivity index (χ3n) is 6.15. The van der Waals surface area contributed by atoms with Crippen molar-refractivity contribution in [3.8, 4) is 28.7 Å². The maximum Gasteiger partial charge on any atom is 0.268 e. The molecule has 1 amide bonds. The minimum atomic E-state index is -0.775. The second kappa shape index (κ2) is 10.8. The Morgan fingerprint density at radius 2 is 1.77 bits per heavy atom. The highest BCUT2D eigenvalue weighted by Crippen LogP contribution is 2.37. The summed E-state index contributed by atoms with van der Waals surface area (Å²) in [5.74, 6) is -1.75. The van der Waals surface area contributed by atoms with Gasteiger partial charge in [0.1, 0.15) is 17.1 Å². The predicted molar refractivity (Wildman–Crippen MR) is 149 cm³/mol. The summed E-state index contributed by atoms with van der Waals surface area (Å²) in [5, 5.41) is 13.1. The standard InChI is InChI=1S/C29H20BrF2N3O5/c1-15-20(30)14-35(18-6-3-16(31)4-7-18)29(38)27(15)28(37)34-17-5-8-25(21(32)11-17)40-24-9-10-33-22-13-23(36)26(39-2)12-19(22)24/h3-14,36H,1-2H3,(H,34,37). The first-order valence-corrected chi connectivity index (χ1v) is 12.6. The van der Waals surface area contributed by atoms with E-state index in [1.807, 2.05) is 0 Å². The van der Waals surface area contributed by atoms with Crippen molar-refractivity contribution in [3.05, 3.63) is 111 Å². The third-order valence-corrected chi connectivity index (χ3v) is 6.95. The van der Waals surface area contributed by atoms with Crippen molar-refractivity contribution < 1.29 is 28.2 Å². The lowest BCUT2D eigenvalue weighted by molar-refractivity contribution is 0.102. The van der Waals surface area contributed by atoms with Crippen LogP contribution in [0.25, 0.3) is 16.6 Å². The summed E-state index contributed by atoms with van der Waals surface area (Å²) < 4.78 is 41.1. The molecule has 0 spiro atoms. The highest BCUT2D eigenvalue weighted by molar-refractivity contribution is 9.10. The summed E-state index contributed by atoms with van der Waals surface area (Å²) in [6.07, 6.45) is 2.95. The highest BCUT2D eigenvalue weighted by atomic mass is 79.9. The van der Waals surface area contributed by atoms with Gasteiger partial charge in [-0.2, -0.15) is 0 Å². The first-order chi connectivity index (χ1) is 19.2. The molecule has 0 bridgehead atoms. The van der Waals surface area contributed by atoms with Crippen LogP contribution in [0.5, 0.6) is 23.0 Å². The van der Waals surface area contributed by atoms with E-state index in [-0.39, 0.29) is 34.2 Å². The van der Waals surface area contributed by atoms with Crippen molar-refractivity contribution in [2.24, 2.45) is 0 Å². The second-order valence-electron chi connectivity index (χ2n) is 8.68. The number of phenolic OH excluding ortho intramolecular Hbond substituents is 1. The quantitative estimate of drug-likeness (QED) is 0.229. The third kappa shape index (κ3) is 5.10. The van der Waals surface area contributed by atoms with Crippen molar-refractivity contribution >= 4 is 38.4 Å². The van der Waals surface area contributed by atoms with E-state index in [2.05, 4.69) is 26.2 Å². The fourth-order valence-electron chi connectivity index (χ4n) is 4.09. The number of hydrogen-bond donors (Lipinski definition) is 2. The van der Waals surface area contributed by atoms with Gasteiger partial charge >= 0.3 is 0 Å². The summed E-state index contributed by atoms with van der Waals surface area (Å²) in [6, 6.07) is 13.5. The van der Waals surface area contributed by atoms with Crippen molar-refractivity contribution in [1.29, 1.82) is 0 Å². The van der Waals surface area contributed by atoms with E-state index in [1.165, 1.54) is 78.7 Å². The largest absolute Gasteiger partial charge is 0.504 e. The average molecular weight is 608 g/mol. The molecule has 0 aliphatic heterocycles. The number of amides is 1. The molecule has 0 unspecified atom stereocenters. The number of carbonyl (C=O) groups is 1. The van der Waals surface area contributed by atoms with Gasteiger partial charge in [-0.15, -0.1) is 0 Å². The molecule has 2 heterocycles. The molecule has 11 heteroatoms. The zero-order chi connectivity index (χ0) is 28.6. The fourth-order valence-corrected chi connectivity index (χ4v) is 4.50. The summed E-state index contributed by atoms with van der Waals surface area (Å²) in [6.45, 7) is 1.60. The van der Waals surface area contributed by atoms with Crippen molar-refractivity contribution in [1.82, 2.24) is 9.55 Å². The van der Waals surface area contributed by atoms with Crippen LogP contribution in [0.2, 0.25) is 0 Å². The molecule has 40 heavy (non-hydrogen) atoms. The number of fused-ring (bicyclic) bond motifs is 1. The van der Waals surface area contributed by atoms with E-state index in [0.717, 1.165) is 6.07 Å². The lowest BCUT2D eigenvalue weighted by atomic mass is 10.1. The second-order valence-corrected chi connectivity index (χ2v) is 9.53. The zero-order valence-electron chi connectivity index (χ0n) is 21.0. The van der Waals surface area contributed by atoms with Gasteiger partial charge in [-0.3, -0.25) is 19.1 Å². The number of rotatable bonds is 6. The Kier molecular flexibility index (Phi) is 7.22. The molecule has 2 N–H and O–H groups in total.